The van der Waals surface area contributed by atoms with Crippen molar-refractivity contribution in [3.8, 4) is 11.6 Å². The number of hydrogen-bond acceptors (Lipinski definition) is 7. The van der Waals surface area contributed by atoms with Crippen molar-refractivity contribution >= 4 is 23.3 Å². The second-order valence-electron chi connectivity index (χ2n) is 8.38. The molecule has 10 nitrogen and oxygen atoms in total. The van der Waals surface area contributed by atoms with Crippen LogP contribution >= 0.6 is 0 Å². The summed E-state index contributed by atoms with van der Waals surface area (Å²) in [6.07, 6.45) is 9.94. The first-order chi connectivity index (χ1) is 16.6. The maximum absolute atomic E-state index is 13.0. The molecule has 1 fully saturated rings. The molecule has 10 heteroatoms. The molecular weight excluding hydrogens is 434 g/mol. The van der Waals surface area contributed by atoms with Crippen LogP contribution in [0.1, 0.15) is 41.3 Å². The summed E-state index contributed by atoms with van der Waals surface area (Å²) < 4.78 is 9.22. The Balaban J connectivity index is 1.55. The lowest BCUT2D eigenvalue weighted by atomic mass is 10.1. The van der Waals surface area contributed by atoms with Gasteiger partial charge in [-0.2, -0.15) is 0 Å². The van der Waals surface area contributed by atoms with Gasteiger partial charge in [-0.15, -0.1) is 0 Å². The Labute approximate surface area is 197 Å². The van der Waals surface area contributed by atoms with Crippen molar-refractivity contribution in [2.75, 3.05) is 38.2 Å². The average Bonchev–Trinajstić information content (AvgIpc) is 3.42. The number of pyridine rings is 2. The summed E-state index contributed by atoms with van der Waals surface area (Å²) in [5, 5.41) is 0. The molecule has 0 bridgehead atoms. The van der Waals surface area contributed by atoms with Crippen LogP contribution in [-0.2, 0) is 0 Å². The fourth-order valence-corrected chi connectivity index (χ4v) is 4.53. The monoisotopic (exact) mass is 461 g/mol. The lowest BCUT2D eigenvalue weighted by Gasteiger charge is -2.31. The number of hydrogen-bond donors (Lipinski definition) is 0. The van der Waals surface area contributed by atoms with Gasteiger partial charge in [0.2, 0.25) is 5.91 Å². The second-order valence-corrected chi connectivity index (χ2v) is 8.38. The molecular formula is C24H27N7O3. The molecule has 0 atom stereocenters. The van der Waals surface area contributed by atoms with Gasteiger partial charge in [-0.1, -0.05) is 0 Å². The third-order valence-electron chi connectivity index (χ3n) is 6.19. The molecule has 1 amide bonds. The molecule has 0 spiro atoms. The molecule has 2 aliphatic heterocycles. The number of nitrogens with zero attached hydrogens (tertiary/aromatic N) is 7. The minimum atomic E-state index is -0.155. The smallest absolute Gasteiger partial charge is 0.255 e. The van der Waals surface area contributed by atoms with Gasteiger partial charge in [-0.25, -0.2) is 14.5 Å². The van der Waals surface area contributed by atoms with Crippen molar-refractivity contribution in [1.29, 1.82) is 0 Å². The largest absolute Gasteiger partial charge is 0.488 e. The Kier molecular flexibility index (Phi) is 5.87. The summed E-state index contributed by atoms with van der Waals surface area (Å²) >= 11 is 0. The quantitative estimate of drug-likeness (QED) is 0.594. The Morgan fingerprint density at radius 3 is 2.62 bits per heavy atom. The zero-order chi connectivity index (χ0) is 23.7. The Bertz CT molecular complexity index is 1290. The van der Waals surface area contributed by atoms with Crippen molar-refractivity contribution in [3.05, 3.63) is 54.2 Å². The molecule has 0 aliphatic carbocycles. The molecule has 1 saturated heterocycles. The first-order valence-electron chi connectivity index (χ1n) is 11.5. The Morgan fingerprint density at radius 2 is 1.91 bits per heavy atom. The van der Waals surface area contributed by atoms with Crippen LogP contribution in [0.2, 0.25) is 0 Å². The second kappa shape index (κ2) is 9.12. The van der Waals surface area contributed by atoms with Crippen LogP contribution in [0.5, 0.6) is 5.75 Å². The normalized spacial score (nSPS) is 16.2. The van der Waals surface area contributed by atoms with E-state index in [0.717, 1.165) is 38.0 Å². The number of imidazole rings is 1. The van der Waals surface area contributed by atoms with E-state index in [1.807, 2.05) is 21.9 Å². The number of carbonyl (C=O) groups is 2. The van der Waals surface area contributed by atoms with Gasteiger partial charge in [0, 0.05) is 63.5 Å². The number of rotatable bonds is 3. The fraction of sp³-hybridized carbons (Fsp3) is 0.375. The Hall–Kier alpha value is -3.95. The molecule has 0 radical (unpaired) electrons. The van der Waals surface area contributed by atoms with Crippen molar-refractivity contribution in [1.82, 2.24) is 24.0 Å². The van der Waals surface area contributed by atoms with Crippen LogP contribution in [0.25, 0.3) is 5.82 Å². The fourth-order valence-electron chi connectivity index (χ4n) is 4.53. The summed E-state index contributed by atoms with van der Waals surface area (Å²) in [6.45, 7) is 4.07. The maximum atomic E-state index is 13.0. The third kappa shape index (κ3) is 3.95. The van der Waals surface area contributed by atoms with E-state index in [0.29, 0.717) is 41.6 Å². The summed E-state index contributed by atoms with van der Waals surface area (Å²) in [7, 11) is 1.65. The van der Waals surface area contributed by atoms with Crippen LogP contribution in [0.3, 0.4) is 0 Å². The minimum absolute atomic E-state index is 0.00704. The highest BCUT2D eigenvalue weighted by molar-refractivity contribution is 5.95. The summed E-state index contributed by atoms with van der Waals surface area (Å²) in [5.41, 5.74) is 1.86. The molecule has 0 unspecified atom stereocenters. The minimum Gasteiger partial charge on any atom is -0.488 e. The van der Waals surface area contributed by atoms with Crippen molar-refractivity contribution in [2.24, 2.45) is 4.99 Å². The van der Waals surface area contributed by atoms with E-state index in [-0.39, 0.29) is 11.8 Å². The third-order valence-corrected chi connectivity index (χ3v) is 6.19. The van der Waals surface area contributed by atoms with E-state index in [1.165, 1.54) is 6.92 Å². The van der Waals surface area contributed by atoms with E-state index in [9.17, 15) is 9.59 Å². The highest BCUT2D eigenvalue weighted by Crippen LogP contribution is 2.35. The van der Waals surface area contributed by atoms with E-state index in [2.05, 4.69) is 15.0 Å². The molecule has 0 N–H and O–H groups in total. The highest BCUT2D eigenvalue weighted by atomic mass is 16.5. The predicted octanol–water partition coefficient (Wildman–Crippen LogP) is 2.42. The number of fused-ring (bicyclic) bond motifs is 1. The summed E-state index contributed by atoms with van der Waals surface area (Å²) in [4.78, 5) is 42.4. The van der Waals surface area contributed by atoms with Gasteiger partial charge < -0.3 is 14.5 Å². The Morgan fingerprint density at radius 1 is 1.09 bits per heavy atom. The zero-order valence-electron chi connectivity index (χ0n) is 19.3. The van der Waals surface area contributed by atoms with Crippen LogP contribution < -0.4 is 15.1 Å². The molecule has 0 saturated carbocycles. The lowest BCUT2D eigenvalue weighted by molar-refractivity contribution is 0.0723. The van der Waals surface area contributed by atoms with Crippen LogP contribution in [0, 0.1) is 0 Å². The number of amides is 1. The molecule has 3 aromatic heterocycles. The zero-order valence-corrected chi connectivity index (χ0v) is 19.3. The first kappa shape index (κ1) is 21.9. The van der Waals surface area contributed by atoms with E-state index in [4.69, 9.17) is 4.74 Å². The van der Waals surface area contributed by atoms with E-state index >= 15 is 0 Å². The van der Waals surface area contributed by atoms with Crippen LogP contribution in [0.4, 0.5) is 11.5 Å². The van der Waals surface area contributed by atoms with Crippen LogP contribution in [-0.4, -0.2) is 69.1 Å². The first-order valence-corrected chi connectivity index (χ1v) is 11.5. The number of ether oxygens (including phenoxy) is 1. The van der Waals surface area contributed by atoms with Gasteiger partial charge in [0.1, 0.15) is 24.2 Å². The number of aromatic nitrogens is 4. The lowest BCUT2D eigenvalue weighted by Crippen LogP contribution is -2.36. The number of likely N-dealkylation sites (tertiary alicyclic amines) is 1. The average molecular weight is 462 g/mol. The van der Waals surface area contributed by atoms with Crippen LogP contribution in [0.15, 0.2) is 48.1 Å². The van der Waals surface area contributed by atoms with E-state index in [1.54, 1.807) is 47.2 Å². The maximum Gasteiger partial charge on any atom is 0.255 e. The number of piperidine rings is 1. The number of anilines is 2. The molecule has 5 rings (SSSR count). The van der Waals surface area contributed by atoms with Gasteiger partial charge in [0.15, 0.2) is 11.6 Å². The molecule has 0 aromatic carbocycles. The van der Waals surface area contributed by atoms with Gasteiger partial charge >= 0.3 is 0 Å². The molecule has 34 heavy (non-hydrogen) atoms. The standard InChI is InChI=1S/C24H27N7O3/c1-17(32)31-21(25-2)13-19(14-22(31)29-9-6-26-16-29)30-10-11-34-20-12-18(15-27-23(20)30)24(33)28-7-4-3-5-8-28/h6,9,12-16H,3-5,7-8,10-11H2,1-2H3. The summed E-state index contributed by atoms with van der Waals surface area (Å²) in [5.74, 6) is 1.65. The molecule has 5 heterocycles. The van der Waals surface area contributed by atoms with Gasteiger partial charge in [0.25, 0.3) is 5.91 Å². The topological polar surface area (TPSA) is 97.8 Å². The number of carbonyl (C=O) groups excluding carboxylic acids is 2. The van der Waals surface area contributed by atoms with Gasteiger partial charge in [-0.3, -0.25) is 19.1 Å². The molecule has 2 aliphatic rings. The van der Waals surface area contributed by atoms with E-state index < -0.39 is 0 Å². The van der Waals surface area contributed by atoms with Crippen molar-refractivity contribution in [3.63, 3.8) is 0 Å². The molecule has 3 aromatic rings. The predicted molar refractivity (Wildman–Crippen MR) is 126 cm³/mol. The van der Waals surface area contributed by atoms with Crippen molar-refractivity contribution < 1.29 is 14.3 Å². The van der Waals surface area contributed by atoms with Crippen molar-refractivity contribution in [2.45, 2.75) is 26.2 Å². The molecule has 176 valence electrons. The van der Waals surface area contributed by atoms with Gasteiger partial charge in [0.05, 0.1) is 12.1 Å². The summed E-state index contributed by atoms with van der Waals surface area (Å²) in [6, 6.07) is 5.54. The highest BCUT2D eigenvalue weighted by Gasteiger charge is 2.26. The van der Waals surface area contributed by atoms with Gasteiger partial charge in [-0.05, 0) is 25.3 Å². The SMILES string of the molecule is CN=c1cc(N2CCOc3cc(C(=O)N4CCCCC4)cnc32)cc(-n2ccnc2)n1C(C)=O.